The number of hydrogen-bond acceptors (Lipinski definition) is 5. The number of fused-ring (bicyclic) bond motifs is 1. The Morgan fingerprint density at radius 3 is 1.80 bits per heavy atom. The molecule has 5 nitrogen and oxygen atoms in total. The van der Waals surface area contributed by atoms with Gasteiger partial charge in [0.15, 0.2) is 0 Å². The van der Waals surface area contributed by atoms with Crippen LogP contribution < -0.4 is 0 Å². The number of rotatable bonds is 4. The number of hydrogen-bond donors (Lipinski definition) is 1. The molecule has 2 heterocycles. The third-order valence-corrected chi connectivity index (χ3v) is 16.2. The minimum atomic E-state index is -2.64. The average Bonchev–Trinajstić information content (AvgIpc) is 2.73. The summed E-state index contributed by atoms with van der Waals surface area (Å²) in [5.41, 5.74) is 1.17. The van der Waals surface area contributed by atoms with Crippen LogP contribution in [0.1, 0.15) is 55.4 Å². The Labute approximate surface area is 156 Å². The van der Waals surface area contributed by atoms with Crippen molar-refractivity contribution >= 4 is 25.0 Å². The van der Waals surface area contributed by atoms with Crippen molar-refractivity contribution in [1.29, 1.82) is 0 Å². The van der Waals surface area contributed by atoms with E-state index in [1.165, 1.54) is 0 Å². The molecule has 1 N–H and O–H groups in total. The molecular formula is C17H37BO5Si2. The molecule has 0 amide bonds. The molecule has 2 aliphatic heterocycles. The van der Waals surface area contributed by atoms with Crippen molar-refractivity contribution in [3.05, 3.63) is 0 Å². The van der Waals surface area contributed by atoms with Gasteiger partial charge in [-0.3, -0.25) is 0 Å². The Kier molecular flexibility index (Phi) is 6.68. The summed E-state index contributed by atoms with van der Waals surface area (Å²) in [6.07, 6.45) is -1.21. The normalized spacial score (nSPS) is 35.2. The molecule has 2 saturated heterocycles. The van der Waals surface area contributed by atoms with E-state index >= 15 is 0 Å². The molecule has 2 aliphatic rings. The fourth-order valence-corrected chi connectivity index (χ4v) is 15.6. The second kappa shape index (κ2) is 7.73. The molecule has 0 aliphatic carbocycles. The highest BCUT2D eigenvalue weighted by atomic mass is 28.5. The van der Waals surface area contributed by atoms with Gasteiger partial charge in [-0.25, -0.2) is 0 Å². The molecule has 1 unspecified atom stereocenters. The molecule has 0 aromatic rings. The lowest BCUT2D eigenvalue weighted by atomic mass is 9.93. The van der Waals surface area contributed by atoms with E-state index in [2.05, 4.69) is 55.4 Å². The van der Waals surface area contributed by atoms with Crippen molar-refractivity contribution in [3.63, 3.8) is 0 Å². The molecule has 8 heteroatoms. The van der Waals surface area contributed by atoms with Crippen LogP contribution in [-0.4, -0.2) is 61.0 Å². The third kappa shape index (κ3) is 3.68. The Morgan fingerprint density at radius 1 is 0.880 bits per heavy atom. The van der Waals surface area contributed by atoms with Crippen LogP contribution in [-0.2, 0) is 17.7 Å². The topological polar surface area (TPSA) is 57.2 Å². The SMILES string of the molecule is B[C@@H]1O[C@@H]2CO[Si](C(C)C)(C(C)C)O[Si](C(C)C)(C(C)C)O[C@@H]2C1O. The molecule has 2 rings (SSSR count). The Hall–Kier alpha value is 0.299. The zero-order valence-corrected chi connectivity index (χ0v) is 19.4. The highest BCUT2D eigenvalue weighted by molar-refractivity contribution is 6.83. The second-order valence-electron chi connectivity index (χ2n) is 8.93. The first-order valence-electron chi connectivity index (χ1n) is 9.83. The third-order valence-electron chi connectivity index (χ3n) is 5.90. The number of ether oxygens (including phenoxy) is 1. The number of aliphatic hydroxyl groups is 1. The quantitative estimate of drug-likeness (QED) is 0.751. The molecule has 0 spiro atoms. The maximum absolute atomic E-state index is 10.6. The van der Waals surface area contributed by atoms with Crippen LogP contribution in [0.4, 0.5) is 0 Å². The predicted octanol–water partition coefficient (Wildman–Crippen LogP) is 2.66. The Balaban J connectivity index is 2.53. The van der Waals surface area contributed by atoms with Gasteiger partial charge in [-0.05, 0) is 22.2 Å². The molecule has 2 fully saturated rings. The van der Waals surface area contributed by atoms with E-state index < -0.39 is 23.2 Å². The predicted molar refractivity (Wildman–Crippen MR) is 107 cm³/mol. The molecule has 0 bridgehead atoms. The van der Waals surface area contributed by atoms with Gasteiger partial charge < -0.3 is 22.8 Å². The molecule has 25 heavy (non-hydrogen) atoms. The largest absolute Gasteiger partial charge is 0.414 e. The smallest absolute Gasteiger partial charge is 0.335 e. The van der Waals surface area contributed by atoms with Gasteiger partial charge in [0.2, 0.25) is 0 Å². The molecule has 146 valence electrons. The van der Waals surface area contributed by atoms with Crippen molar-refractivity contribution in [2.24, 2.45) is 0 Å². The monoisotopic (exact) mass is 388 g/mol. The van der Waals surface area contributed by atoms with Crippen molar-refractivity contribution in [3.8, 4) is 0 Å². The second-order valence-corrected chi connectivity index (χ2v) is 17.8. The summed E-state index contributed by atoms with van der Waals surface area (Å²) in [4.78, 5) is 0. The first kappa shape index (κ1) is 21.6. The van der Waals surface area contributed by atoms with Crippen LogP contribution in [0.25, 0.3) is 0 Å². The van der Waals surface area contributed by atoms with Gasteiger partial charge in [-0.2, -0.15) is 0 Å². The molecular weight excluding hydrogens is 351 g/mol. The highest BCUT2D eigenvalue weighted by Crippen LogP contribution is 2.47. The van der Waals surface area contributed by atoms with Gasteiger partial charge in [-0.1, -0.05) is 55.4 Å². The van der Waals surface area contributed by atoms with Gasteiger partial charge in [0.05, 0.1) is 18.7 Å². The maximum atomic E-state index is 10.6. The summed E-state index contributed by atoms with van der Waals surface area (Å²) in [6.45, 7) is 18.0. The van der Waals surface area contributed by atoms with Crippen molar-refractivity contribution in [1.82, 2.24) is 0 Å². The van der Waals surface area contributed by atoms with Crippen LogP contribution in [0.2, 0.25) is 22.2 Å². The number of aliphatic hydroxyl groups excluding tert-OH is 1. The van der Waals surface area contributed by atoms with Gasteiger partial charge in [0.1, 0.15) is 20.1 Å². The maximum Gasteiger partial charge on any atom is 0.335 e. The van der Waals surface area contributed by atoms with Crippen LogP contribution in [0.5, 0.6) is 0 Å². The summed E-state index contributed by atoms with van der Waals surface area (Å²) in [5.74, 6) is 0. The van der Waals surface area contributed by atoms with E-state index in [0.29, 0.717) is 17.7 Å². The van der Waals surface area contributed by atoms with Crippen LogP contribution in [0, 0.1) is 0 Å². The summed E-state index contributed by atoms with van der Waals surface area (Å²) in [5, 5.41) is 10.6. The van der Waals surface area contributed by atoms with E-state index in [1.807, 2.05) is 7.85 Å². The molecule has 0 radical (unpaired) electrons. The van der Waals surface area contributed by atoms with Gasteiger partial charge in [-0.15, -0.1) is 0 Å². The van der Waals surface area contributed by atoms with Crippen LogP contribution >= 0.6 is 0 Å². The minimum Gasteiger partial charge on any atom is -0.414 e. The lowest BCUT2D eigenvalue weighted by Gasteiger charge is -2.51. The van der Waals surface area contributed by atoms with Gasteiger partial charge >= 0.3 is 17.1 Å². The Morgan fingerprint density at radius 2 is 1.36 bits per heavy atom. The summed E-state index contributed by atoms with van der Waals surface area (Å²) >= 11 is 0. The van der Waals surface area contributed by atoms with Crippen LogP contribution in [0.3, 0.4) is 0 Å². The summed E-state index contributed by atoms with van der Waals surface area (Å²) < 4.78 is 26.4. The van der Waals surface area contributed by atoms with E-state index in [4.69, 9.17) is 17.7 Å². The summed E-state index contributed by atoms with van der Waals surface area (Å²) in [6, 6.07) is -0.239. The van der Waals surface area contributed by atoms with Gasteiger partial charge in [0.25, 0.3) is 0 Å². The molecule has 4 atom stereocenters. The van der Waals surface area contributed by atoms with E-state index in [0.717, 1.165) is 0 Å². The molecule has 0 aromatic carbocycles. The lowest BCUT2D eigenvalue weighted by molar-refractivity contribution is -0.0318. The Bertz CT molecular complexity index is 444. The standard InChI is InChI=1S/C17H37BO5Si2/c1-10(2)24(11(3)4)20-9-14-16(15(19)17(18)21-14)22-25(23-24,12(5)6)13(7)8/h10-17,19H,9,18H2,1-8H3/t14-,15?,16+,17-/m1/s1. The fourth-order valence-electron chi connectivity index (χ4n) is 4.34. The van der Waals surface area contributed by atoms with Crippen molar-refractivity contribution in [2.75, 3.05) is 6.61 Å². The van der Waals surface area contributed by atoms with E-state index in [9.17, 15) is 5.11 Å². The van der Waals surface area contributed by atoms with Crippen molar-refractivity contribution in [2.45, 2.75) is 102 Å². The summed E-state index contributed by atoms with van der Waals surface area (Å²) in [7, 11) is -3.25. The van der Waals surface area contributed by atoms with Crippen molar-refractivity contribution < 1.29 is 22.8 Å². The average molecular weight is 388 g/mol. The lowest BCUT2D eigenvalue weighted by Crippen LogP contribution is -2.65. The highest BCUT2D eigenvalue weighted by Gasteiger charge is 2.61. The first-order valence-corrected chi connectivity index (χ1v) is 13.8. The van der Waals surface area contributed by atoms with Gasteiger partial charge in [0, 0.05) is 0 Å². The molecule has 0 aromatic heterocycles. The van der Waals surface area contributed by atoms with E-state index in [-0.39, 0.29) is 29.3 Å². The zero-order valence-electron chi connectivity index (χ0n) is 17.4. The fraction of sp³-hybridized carbons (Fsp3) is 1.00. The van der Waals surface area contributed by atoms with E-state index in [1.54, 1.807) is 0 Å². The molecule has 0 saturated carbocycles. The minimum absolute atomic E-state index is 0.220. The first-order chi connectivity index (χ1) is 11.5. The zero-order chi connectivity index (χ0) is 19.2. The van der Waals surface area contributed by atoms with Crippen LogP contribution in [0.15, 0.2) is 0 Å².